The number of amides is 1. The first-order valence-electron chi connectivity index (χ1n) is 13.0. The molecule has 0 fully saturated rings. The summed E-state index contributed by atoms with van der Waals surface area (Å²) < 4.78 is 61.4. The van der Waals surface area contributed by atoms with Crippen LogP contribution in [0, 0.1) is 0 Å². The van der Waals surface area contributed by atoms with Gasteiger partial charge >= 0.3 is 0 Å². The zero-order valence-corrected chi connectivity index (χ0v) is 25.5. The number of hydrazone groups is 1. The molecule has 3 aromatic carbocycles. The number of methoxy groups -OCH3 is 4. The highest BCUT2D eigenvalue weighted by molar-refractivity contribution is 7.92. The van der Waals surface area contributed by atoms with Gasteiger partial charge in [-0.15, -0.1) is 0 Å². The third-order valence-electron chi connectivity index (χ3n) is 5.91. The first-order valence-corrected chi connectivity index (χ1v) is 14.5. The van der Waals surface area contributed by atoms with Crippen LogP contribution in [-0.2, 0) is 14.8 Å². The highest BCUT2D eigenvalue weighted by Crippen LogP contribution is 2.37. The van der Waals surface area contributed by atoms with Crippen molar-refractivity contribution in [3.05, 3.63) is 72.8 Å². The fourth-order valence-electron chi connectivity index (χ4n) is 3.88. The van der Waals surface area contributed by atoms with E-state index in [2.05, 4.69) is 17.1 Å². The van der Waals surface area contributed by atoms with Gasteiger partial charge in [0.2, 0.25) is 0 Å². The van der Waals surface area contributed by atoms with Crippen molar-refractivity contribution in [1.82, 2.24) is 5.43 Å². The van der Waals surface area contributed by atoms with Crippen LogP contribution in [0.4, 0.5) is 5.69 Å². The quantitative estimate of drug-likeness (QED) is 0.144. The monoisotopic (exact) mass is 613 g/mol. The molecule has 0 aliphatic carbocycles. The lowest BCUT2D eigenvalue weighted by Crippen LogP contribution is -2.39. The zero-order chi connectivity index (χ0) is 31.4. The molecule has 0 aliphatic heterocycles. The van der Waals surface area contributed by atoms with Crippen molar-refractivity contribution in [1.29, 1.82) is 0 Å². The SMILES string of the molecule is C=CCOc1ccc(/C=N\NC(=O)CN(c2cc(OC)ccc2OC)S(=O)(=O)c2ccc(OC)c(OC)c2)cc1OCC. The largest absolute Gasteiger partial charge is 0.497 e. The van der Waals surface area contributed by atoms with E-state index in [4.69, 9.17) is 28.4 Å². The smallest absolute Gasteiger partial charge is 0.265 e. The molecule has 0 atom stereocenters. The van der Waals surface area contributed by atoms with E-state index in [1.165, 1.54) is 58.9 Å². The van der Waals surface area contributed by atoms with Gasteiger partial charge < -0.3 is 28.4 Å². The van der Waals surface area contributed by atoms with Gasteiger partial charge in [0.15, 0.2) is 23.0 Å². The summed E-state index contributed by atoms with van der Waals surface area (Å²) in [7, 11) is 1.30. The number of rotatable bonds is 16. The summed E-state index contributed by atoms with van der Waals surface area (Å²) in [5.41, 5.74) is 3.07. The third-order valence-corrected chi connectivity index (χ3v) is 7.67. The molecule has 0 aliphatic rings. The topological polar surface area (TPSA) is 134 Å². The average Bonchev–Trinajstić information content (AvgIpc) is 3.02. The molecule has 12 nitrogen and oxygen atoms in total. The number of anilines is 1. The Morgan fingerprint density at radius 3 is 2.21 bits per heavy atom. The van der Waals surface area contributed by atoms with Gasteiger partial charge in [0.1, 0.15) is 24.7 Å². The molecule has 0 unspecified atom stereocenters. The van der Waals surface area contributed by atoms with Crippen molar-refractivity contribution < 1.29 is 41.6 Å². The molecule has 0 saturated heterocycles. The molecule has 0 heterocycles. The van der Waals surface area contributed by atoms with Crippen LogP contribution in [0.15, 0.2) is 77.2 Å². The maximum atomic E-state index is 14.0. The Labute approximate surface area is 251 Å². The summed E-state index contributed by atoms with van der Waals surface area (Å²) in [6, 6.07) is 13.9. The van der Waals surface area contributed by atoms with E-state index in [0.29, 0.717) is 41.8 Å². The second-order valence-electron chi connectivity index (χ2n) is 8.60. The van der Waals surface area contributed by atoms with E-state index >= 15 is 0 Å². The molecule has 13 heteroatoms. The molecule has 0 bridgehead atoms. The Hall–Kier alpha value is -4.91. The van der Waals surface area contributed by atoms with Gasteiger partial charge in [-0.25, -0.2) is 13.8 Å². The molecule has 0 radical (unpaired) electrons. The molecule has 43 heavy (non-hydrogen) atoms. The maximum absolute atomic E-state index is 14.0. The fourth-order valence-corrected chi connectivity index (χ4v) is 5.32. The number of hydrogen-bond acceptors (Lipinski definition) is 10. The molecule has 1 amide bonds. The molecular weight excluding hydrogens is 578 g/mol. The van der Waals surface area contributed by atoms with Gasteiger partial charge in [0.25, 0.3) is 15.9 Å². The number of benzene rings is 3. The zero-order valence-electron chi connectivity index (χ0n) is 24.7. The number of carbonyl (C=O) groups is 1. The van der Waals surface area contributed by atoms with Crippen LogP contribution in [0.25, 0.3) is 0 Å². The minimum Gasteiger partial charge on any atom is -0.497 e. The third kappa shape index (κ3) is 8.10. The number of carbonyl (C=O) groups excluding carboxylic acids is 1. The minimum absolute atomic E-state index is 0.0761. The maximum Gasteiger partial charge on any atom is 0.265 e. The molecule has 0 aromatic heterocycles. The highest BCUT2D eigenvalue weighted by Gasteiger charge is 2.31. The Kier molecular flexibility index (Phi) is 11.6. The van der Waals surface area contributed by atoms with Crippen molar-refractivity contribution in [2.75, 3.05) is 52.5 Å². The van der Waals surface area contributed by atoms with Crippen LogP contribution in [0.2, 0.25) is 0 Å². The predicted octanol–water partition coefficient (Wildman–Crippen LogP) is 4.03. The minimum atomic E-state index is -4.35. The van der Waals surface area contributed by atoms with Crippen molar-refractivity contribution >= 4 is 27.8 Å². The van der Waals surface area contributed by atoms with Gasteiger partial charge in [0.05, 0.1) is 51.8 Å². The normalized spacial score (nSPS) is 11.0. The average molecular weight is 614 g/mol. The predicted molar refractivity (Wildman–Crippen MR) is 163 cm³/mol. The van der Waals surface area contributed by atoms with Crippen molar-refractivity contribution in [3.63, 3.8) is 0 Å². The Morgan fingerprint density at radius 2 is 1.56 bits per heavy atom. The highest BCUT2D eigenvalue weighted by atomic mass is 32.2. The Balaban J connectivity index is 1.94. The van der Waals surface area contributed by atoms with Gasteiger partial charge in [-0.2, -0.15) is 5.10 Å². The standard InChI is InChI=1S/C30H35N3O9S/c1-7-15-42-27-12-9-21(16-29(27)41-8-2)19-31-32-30(34)20-33(24-17-22(37-3)10-13-25(24)38-4)43(35,36)23-11-14-26(39-5)28(18-23)40-6/h7,9-14,16-19H,1,8,15,20H2,2-6H3,(H,32,34)/b31-19-. The van der Waals surface area contributed by atoms with E-state index < -0.39 is 22.5 Å². The number of ether oxygens (including phenoxy) is 6. The summed E-state index contributed by atoms with van der Waals surface area (Å²) in [6.45, 7) is 5.57. The van der Waals surface area contributed by atoms with E-state index in [1.807, 2.05) is 6.92 Å². The Bertz CT molecular complexity index is 1560. The van der Waals surface area contributed by atoms with Gasteiger partial charge in [0, 0.05) is 12.1 Å². The lowest BCUT2D eigenvalue weighted by Gasteiger charge is -2.26. The van der Waals surface area contributed by atoms with Crippen LogP contribution in [-0.4, -0.2) is 68.7 Å². The fraction of sp³-hybridized carbons (Fsp3) is 0.267. The van der Waals surface area contributed by atoms with Gasteiger partial charge in [-0.05, 0) is 55.0 Å². The van der Waals surface area contributed by atoms with Crippen LogP contribution in [0.3, 0.4) is 0 Å². The first kappa shape index (κ1) is 32.6. The lowest BCUT2D eigenvalue weighted by molar-refractivity contribution is -0.119. The van der Waals surface area contributed by atoms with Crippen molar-refractivity contribution in [3.8, 4) is 34.5 Å². The number of nitrogens with one attached hydrogen (secondary N) is 1. The summed E-state index contributed by atoms with van der Waals surface area (Å²) in [6.07, 6.45) is 3.02. The summed E-state index contributed by atoms with van der Waals surface area (Å²) in [5, 5.41) is 4.01. The molecule has 230 valence electrons. The van der Waals surface area contributed by atoms with E-state index in [9.17, 15) is 13.2 Å². The van der Waals surface area contributed by atoms with E-state index in [0.717, 1.165) is 4.31 Å². The van der Waals surface area contributed by atoms with Crippen LogP contribution in [0.1, 0.15) is 12.5 Å². The van der Waals surface area contributed by atoms with E-state index in [1.54, 1.807) is 36.4 Å². The molecule has 0 saturated carbocycles. The number of hydrogen-bond donors (Lipinski definition) is 1. The van der Waals surface area contributed by atoms with Gasteiger partial charge in [-0.3, -0.25) is 9.10 Å². The number of sulfonamides is 1. The summed E-state index contributed by atoms with van der Waals surface area (Å²) >= 11 is 0. The molecule has 1 N–H and O–H groups in total. The molecule has 3 aromatic rings. The van der Waals surface area contributed by atoms with Crippen molar-refractivity contribution in [2.45, 2.75) is 11.8 Å². The van der Waals surface area contributed by atoms with Crippen LogP contribution in [0.5, 0.6) is 34.5 Å². The summed E-state index contributed by atoms with van der Waals surface area (Å²) in [5.74, 6) is 1.40. The second-order valence-corrected chi connectivity index (χ2v) is 10.5. The lowest BCUT2D eigenvalue weighted by atomic mass is 10.2. The molecular formula is C30H35N3O9S. The molecule has 0 spiro atoms. The van der Waals surface area contributed by atoms with Crippen LogP contribution < -0.4 is 38.2 Å². The van der Waals surface area contributed by atoms with Gasteiger partial charge in [-0.1, -0.05) is 12.7 Å². The Morgan fingerprint density at radius 1 is 0.860 bits per heavy atom. The summed E-state index contributed by atoms with van der Waals surface area (Å²) in [4.78, 5) is 13.0. The van der Waals surface area contributed by atoms with E-state index in [-0.39, 0.29) is 22.1 Å². The van der Waals surface area contributed by atoms with Crippen molar-refractivity contribution in [2.24, 2.45) is 5.10 Å². The second kappa shape index (κ2) is 15.4. The first-order chi connectivity index (χ1) is 20.7. The van der Waals surface area contributed by atoms with Crippen LogP contribution >= 0.6 is 0 Å². The number of nitrogens with zero attached hydrogens (tertiary/aromatic N) is 2. The molecule has 3 rings (SSSR count).